The van der Waals surface area contributed by atoms with Crippen LogP contribution in [0.5, 0.6) is 0 Å². The van der Waals surface area contributed by atoms with Gasteiger partial charge in [0.1, 0.15) is 8.80 Å². The number of benzene rings is 2. The predicted octanol–water partition coefficient (Wildman–Crippen LogP) is 4.08. The fourth-order valence-electron chi connectivity index (χ4n) is 1.98. The summed E-state index contributed by atoms with van der Waals surface area (Å²) in [6.45, 7) is 2.27. The van der Waals surface area contributed by atoms with Crippen molar-refractivity contribution >= 4 is 38.9 Å². The second-order valence-corrected chi connectivity index (χ2v) is 16.6. The van der Waals surface area contributed by atoms with Crippen LogP contribution in [0.15, 0.2) is 60.7 Å². The first kappa shape index (κ1) is 17.5. The first-order chi connectivity index (χ1) is 9.65. The molecule has 2 heteroatoms. The maximum absolute atomic E-state index is 2.36. The Morgan fingerprint density at radius 3 is 1.40 bits per heavy atom. The molecule has 0 atom stereocenters. The molecule has 0 nitrogen and oxygen atoms in total. The van der Waals surface area contributed by atoms with Crippen LogP contribution in [0.25, 0.3) is 0 Å². The molecule has 2 aromatic rings. The third-order valence-corrected chi connectivity index (χ3v) is 5.81. The van der Waals surface area contributed by atoms with Gasteiger partial charge in [0, 0.05) is 0 Å². The van der Waals surface area contributed by atoms with Crippen LogP contribution in [-0.2, 0) is 0 Å². The first-order valence-electron chi connectivity index (χ1n) is 7.38. The third-order valence-electron chi connectivity index (χ3n) is 2.74. The van der Waals surface area contributed by atoms with Gasteiger partial charge in [-0.25, -0.2) is 0 Å². The van der Waals surface area contributed by atoms with Gasteiger partial charge in [-0.15, -0.1) is 0 Å². The minimum atomic E-state index is -0.551. The molecule has 0 aliphatic heterocycles. The van der Waals surface area contributed by atoms with E-state index in [1.807, 2.05) is 0 Å². The van der Waals surface area contributed by atoms with E-state index in [2.05, 4.69) is 82.4 Å². The van der Waals surface area contributed by atoms with E-state index in [0.29, 0.717) is 0 Å². The fourth-order valence-corrected chi connectivity index (χ4v) is 4.58. The minimum absolute atomic E-state index is 0.543. The molecule has 0 aliphatic carbocycles. The van der Waals surface area contributed by atoms with Crippen LogP contribution in [0, 0.1) is 0 Å². The van der Waals surface area contributed by atoms with E-state index in [4.69, 9.17) is 0 Å². The van der Waals surface area contributed by atoms with E-state index >= 15 is 0 Å². The van der Waals surface area contributed by atoms with Crippen molar-refractivity contribution in [3.8, 4) is 0 Å². The SMILES string of the molecule is CCC[Si](c1ccccc1)c1ccccc1.[CH3][Sn]([CH3])[CH3]. The summed E-state index contributed by atoms with van der Waals surface area (Å²) in [6.07, 6.45) is 1.26. The van der Waals surface area contributed by atoms with Gasteiger partial charge in [-0.05, 0) is 0 Å². The van der Waals surface area contributed by atoms with E-state index in [0.717, 1.165) is 0 Å². The van der Waals surface area contributed by atoms with Gasteiger partial charge in [0.05, 0.1) is 0 Å². The Hall–Kier alpha value is -0.544. The van der Waals surface area contributed by atoms with Gasteiger partial charge < -0.3 is 0 Å². The summed E-state index contributed by atoms with van der Waals surface area (Å²) in [4.78, 5) is 7.09. The molecule has 20 heavy (non-hydrogen) atoms. The third kappa shape index (κ3) is 6.75. The molecular formula is C18H26SiSn. The van der Waals surface area contributed by atoms with Crippen LogP contribution < -0.4 is 10.4 Å². The number of rotatable bonds is 4. The molecule has 0 saturated heterocycles. The Labute approximate surface area is 133 Å². The second kappa shape index (κ2) is 10.2. The van der Waals surface area contributed by atoms with E-state index in [1.54, 1.807) is 0 Å². The van der Waals surface area contributed by atoms with Crippen LogP contribution in [0.4, 0.5) is 0 Å². The van der Waals surface area contributed by atoms with E-state index in [-0.39, 0.29) is 0 Å². The van der Waals surface area contributed by atoms with Gasteiger partial charge >= 0.3 is 34.6 Å². The Kier molecular flexibility index (Phi) is 8.95. The molecule has 0 unspecified atom stereocenters. The van der Waals surface area contributed by atoms with Gasteiger partial charge in [-0.1, -0.05) is 90.4 Å². The molecule has 0 heterocycles. The molecule has 0 aliphatic rings. The molecule has 2 aromatic carbocycles. The zero-order valence-electron chi connectivity index (χ0n) is 13.2. The average molecular weight is 389 g/mol. The van der Waals surface area contributed by atoms with Gasteiger partial charge in [0.25, 0.3) is 0 Å². The Morgan fingerprint density at radius 2 is 1.10 bits per heavy atom. The van der Waals surface area contributed by atoms with Gasteiger partial charge in [0.2, 0.25) is 0 Å². The van der Waals surface area contributed by atoms with Crippen LogP contribution in [0.2, 0.25) is 20.9 Å². The van der Waals surface area contributed by atoms with Crippen molar-refractivity contribution in [3.63, 3.8) is 0 Å². The first-order valence-corrected chi connectivity index (χ1v) is 17.7. The monoisotopic (exact) mass is 390 g/mol. The van der Waals surface area contributed by atoms with Crippen LogP contribution in [0.3, 0.4) is 0 Å². The van der Waals surface area contributed by atoms with Crippen molar-refractivity contribution in [2.24, 2.45) is 0 Å². The van der Waals surface area contributed by atoms with Crippen molar-refractivity contribution in [2.75, 3.05) is 0 Å². The van der Waals surface area contributed by atoms with Crippen LogP contribution in [-0.4, -0.2) is 28.6 Å². The van der Waals surface area contributed by atoms with Crippen molar-refractivity contribution in [1.82, 2.24) is 0 Å². The molecular weight excluding hydrogens is 363 g/mol. The van der Waals surface area contributed by atoms with Crippen LogP contribution >= 0.6 is 0 Å². The quantitative estimate of drug-likeness (QED) is 0.692. The van der Waals surface area contributed by atoms with Gasteiger partial charge in [-0.3, -0.25) is 0 Å². The van der Waals surface area contributed by atoms with Crippen molar-refractivity contribution in [3.05, 3.63) is 60.7 Å². The van der Waals surface area contributed by atoms with Crippen molar-refractivity contribution < 1.29 is 0 Å². The summed E-state index contributed by atoms with van der Waals surface area (Å²) in [5.74, 6) is 0. The normalized spacial score (nSPS) is 10.3. The number of hydrogen-bond acceptors (Lipinski definition) is 0. The molecule has 0 saturated carbocycles. The van der Waals surface area contributed by atoms with E-state index in [1.165, 1.54) is 22.8 Å². The van der Waals surface area contributed by atoms with Gasteiger partial charge in [0.15, 0.2) is 0 Å². The average Bonchev–Trinajstić information content (AvgIpc) is 2.46. The molecule has 0 fully saturated rings. The number of hydrogen-bond donors (Lipinski definition) is 0. The summed E-state index contributed by atoms with van der Waals surface area (Å²) in [5.41, 5.74) is 0. The fraction of sp³-hybridized carbons (Fsp3) is 0.333. The molecule has 106 valence electrons. The molecule has 0 spiro atoms. The Balaban J connectivity index is 0.000000444. The maximum atomic E-state index is 2.36. The molecule has 0 aromatic heterocycles. The zero-order valence-corrected chi connectivity index (χ0v) is 17.0. The predicted molar refractivity (Wildman–Crippen MR) is 96.4 cm³/mol. The Morgan fingerprint density at radius 1 is 0.750 bits per heavy atom. The summed E-state index contributed by atoms with van der Waals surface area (Å²) in [6, 6.07) is 23.2. The van der Waals surface area contributed by atoms with E-state index in [9.17, 15) is 0 Å². The summed E-state index contributed by atoms with van der Waals surface area (Å²) < 4.78 is 0. The second-order valence-electron chi connectivity index (χ2n) is 5.46. The standard InChI is InChI=1S/C15H17Si.3CH3.Sn/c1-2-13-16(14-9-5-3-6-10-14)15-11-7-4-8-12-15;;;;/h3-12H,2,13H2,1H3;3*1H3;. The molecule has 2 rings (SSSR count). The van der Waals surface area contributed by atoms with Crippen molar-refractivity contribution in [1.29, 1.82) is 0 Å². The molecule has 0 bridgehead atoms. The summed E-state index contributed by atoms with van der Waals surface area (Å²) in [5, 5.41) is 3.06. The molecule has 0 N–H and O–H groups in total. The topological polar surface area (TPSA) is 0 Å². The summed E-state index contributed by atoms with van der Waals surface area (Å²) in [7, 11) is -0.551. The molecule has 2 radical (unpaired) electrons. The zero-order chi connectivity index (χ0) is 14.8. The van der Waals surface area contributed by atoms with Gasteiger partial charge in [-0.2, -0.15) is 0 Å². The summed E-state index contributed by atoms with van der Waals surface area (Å²) >= 11 is -0.543. The molecule has 0 amide bonds. The Bertz CT molecular complexity index is 411. The van der Waals surface area contributed by atoms with Crippen molar-refractivity contribution in [2.45, 2.75) is 34.2 Å². The van der Waals surface area contributed by atoms with E-state index < -0.39 is 28.6 Å². The van der Waals surface area contributed by atoms with Crippen LogP contribution in [0.1, 0.15) is 13.3 Å².